The van der Waals surface area contributed by atoms with E-state index in [1.54, 1.807) is 42.5 Å². The third kappa shape index (κ3) is 5.93. The predicted octanol–water partition coefficient (Wildman–Crippen LogP) is 3.47. The van der Waals surface area contributed by atoms with Crippen molar-refractivity contribution in [2.45, 2.75) is 18.7 Å². The van der Waals surface area contributed by atoms with Crippen LogP contribution in [0.4, 0.5) is 11.4 Å². The third-order valence-corrected chi connectivity index (χ3v) is 6.05. The van der Waals surface area contributed by atoms with Crippen molar-refractivity contribution in [2.24, 2.45) is 0 Å². The summed E-state index contributed by atoms with van der Waals surface area (Å²) in [6, 6.07) is 19.7. The molecule has 0 aliphatic heterocycles. The zero-order chi connectivity index (χ0) is 22.4. The molecule has 8 heteroatoms. The summed E-state index contributed by atoms with van der Waals surface area (Å²) in [6.45, 7) is 3.66. The molecule has 160 valence electrons. The van der Waals surface area contributed by atoms with Gasteiger partial charge in [-0.2, -0.15) is 0 Å². The summed E-state index contributed by atoms with van der Waals surface area (Å²) in [4.78, 5) is 24.4. The van der Waals surface area contributed by atoms with Gasteiger partial charge in [-0.25, -0.2) is 8.42 Å². The van der Waals surface area contributed by atoms with Gasteiger partial charge < -0.3 is 10.6 Å². The van der Waals surface area contributed by atoms with Crippen molar-refractivity contribution in [3.63, 3.8) is 0 Å². The number of nitrogens with one attached hydrogen (secondary N) is 3. The van der Waals surface area contributed by atoms with Crippen LogP contribution in [0.3, 0.4) is 0 Å². The first-order chi connectivity index (χ1) is 14.7. The van der Waals surface area contributed by atoms with Crippen LogP contribution in [0.15, 0.2) is 77.7 Å². The van der Waals surface area contributed by atoms with Crippen LogP contribution in [-0.2, 0) is 14.8 Å². The van der Waals surface area contributed by atoms with Crippen LogP contribution in [0.2, 0.25) is 0 Å². The Kier molecular flexibility index (Phi) is 6.71. The molecule has 3 rings (SSSR count). The van der Waals surface area contributed by atoms with E-state index in [0.29, 0.717) is 16.9 Å². The number of sulfonamides is 1. The van der Waals surface area contributed by atoms with Gasteiger partial charge in [0.2, 0.25) is 5.91 Å². The van der Waals surface area contributed by atoms with Crippen LogP contribution in [0, 0.1) is 13.8 Å². The van der Waals surface area contributed by atoms with Gasteiger partial charge in [-0.05, 0) is 73.5 Å². The van der Waals surface area contributed by atoms with Crippen LogP contribution in [0.5, 0.6) is 0 Å². The standard InChI is InChI=1S/C23H23N3O4S/c1-16-8-9-18(14-17(16)2)23(28)24-15-22(27)25-19-10-12-21(13-11-19)31(29,30)26-20-6-4-3-5-7-20/h3-14,26H,15H2,1-2H3,(H,24,28)(H,25,27). The fourth-order valence-electron chi connectivity index (χ4n) is 2.79. The van der Waals surface area contributed by atoms with E-state index in [4.69, 9.17) is 0 Å². The van der Waals surface area contributed by atoms with E-state index >= 15 is 0 Å². The van der Waals surface area contributed by atoms with Crippen molar-refractivity contribution < 1.29 is 18.0 Å². The minimum absolute atomic E-state index is 0.0670. The molecular formula is C23H23N3O4S. The van der Waals surface area contributed by atoms with E-state index in [-0.39, 0.29) is 17.3 Å². The summed E-state index contributed by atoms with van der Waals surface area (Å²) in [5.74, 6) is -0.762. The zero-order valence-electron chi connectivity index (χ0n) is 17.2. The molecule has 0 aliphatic rings. The highest BCUT2D eigenvalue weighted by molar-refractivity contribution is 7.92. The maximum Gasteiger partial charge on any atom is 0.261 e. The lowest BCUT2D eigenvalue weighted by Crippen LogP contribution is -2.32. The topological polar surface area (TPSA) is 104 Å². The second-order valence-electron chi connectivity index (χ2n) is 7.03. The number of carbonyl (C=O) groups excluding carboxylic acids is 2. The Morgan fingerprint density at radius 3 is 2.13 bits per heavy atom. The van der Waals surface area contributed by atoms with E-state index in [0.717, 1.165) is 11.1 Å². The van der Waals surface area contributed by atoms with Crippen molar-refractivity contribution in [3.8, 4) is 0 Å². The van der Waals surface area contributed by atoms with Gasteiger partial charge in [-0.1, -0.05) is 24.3 Å². The quantitative estimate of drug-likeness (QED) is 0.526. The summed E-state index contributed by atoms with van der Waals surface area (Å²) in [7, 11) is -3.74. The normalized spacial score (nSPS) is 10.9. The Bertz CT molecular complexity index is 1190. The van der Waals surface area contributed by atoms with Crippen molar-refractivity contribution in [1.29, 1.82) is 0 Å². The van der Waals surface area contributed by atoms with Crippen LogP contribution in [0.1, 0.15) is 21.5 Å². The average Bonchev–Trinajstić information content (AvgIpc) is 2.75. The van der Waals surface area contributed by atoms with Gasteiger partial charge in [0.1, 0.15) is 0 Å². The first-order valence-electron chi connectivity index (χ1n) is 9.58. The highest BCUT2D eigenvalue weighted by Crippen LogP contribution is 2.18. The first-order valence-corrected chi connectivity index (χ1v) is 11.1. The predicted molar refractivity (Wildman–Crippen MR) is 121 cm³/mol. The molecule has 31 heavy (non-hydrogen) atoms. The van der Waals surface area contributed by atoms with Crippen molar-refractivity contribution in [1.82, 2.24) is 5.32 Å². The van der Waals surface area contributed by atoms with Crippen LogP contribution in [-0.4, -0.2) is 26.8 Å². The van der Waals surface area contributed by atoms with Gasteiger partial charge in [-0.15, -0.1) is 0 Å². The van der Waals surface area contributed by atoms with E-state index in [1.165, 1.54) is 24.3 Å². The minimum Gasteiger partial charge on any atom is -0.343 e. The van der Waals surface area contributed by atoms with Crippen molar-refractivity contribution in [2.75, 3.05) is 16.6 Å². The van der Waals surface area contributed by atoms with Gasteiger partial charge in [0, 0.05) is 16.9 Å². The number of hydrogen-bond acceptors (Lipinski definition) is 4. The number of rotatable bonds is 7. The summed E-state index contributed by atoms with van der Waals surface area (Å²) < 4.78 is 27.4. The molecule has 7 nitrogen and oxygen atoms in total. The molecule has 0 saturated carbocycles. The molecule has 0 aromatic heterocycles. The van der Waals surface area contributed by atoms with E-state index in [9.17, 15) is 18.0 Å². The Morgan fingerprint density at radius 1 is 0.806 bits per heavy atom. The Labute approximate surface area is 181 Å². The number of carbonyl (C=O) groups is 2. The number of para-hydroxylation sites is 1. The lowest BCUT2D eigenvalue weighted by atomic mass is 10.1. The number of hydrogen-bond donors (Lipinski definition) is 3. The summed E-state index contributed by atoms with van der Waals surface area (Å²) in [5, 5.41) is 5.20. The summed E-state index contributed by atoms with van der Waals surface area (Å²) >= 11 is 0. The number of benzene rings is 3. The van der Waals surface area contributed by atoms with Crippen LogP contribution < -0.4 is 15.4 Å². The van der Waals surface area contributed by atoms with Gasteiger partial charge in [-0.3, -0.25) is 14.3 Å². The van der Waals surface area contributed by atoms with Crippen LogP contribution >= 0.6 is 0 Å². The number of amides is 2. The third-order valence-electron chi connectivity index (χ3n) is 4.65. The molecular weight excluding hydrogens is 414 g/mol. The van der Waals surface area contributed by atoms with E-state index in [2.05, 4.69) is 15.4 Å². The van der Waals surface area contributed by atoms with Crippen molar-refractivity contribution in [3.05, 3.63) is 89.5 Å². The van der Waals surface area contributed by atoms with Crippen molar-refractivity contribution >= 4 is 33.2 Å². The zero-order valence-corrected chi connectivity index (χ0v) is 18.0. The highest BCUT2D eigenvalue weighted by atomic mass is 32.2. The smallest absolute Gasteiger partial charge is 0.261 e. The first kappa shape index (κ1) is 22.0. The summed E-state index contributed by atoms with van der Waals surface area (Å²) in [6.07, 6.45) is 0. The molecule has 0 bridgehead atoms. The number of aryl methyl sites for hydroxylation is 2. The number of anilines is 2. The SMILES string of the molecule is Cc1ccc(C(=O)NCC(=O)Nc2ccc(S(=O)(=O)Nc3ccccc3)cc2)cc1C. The lowest BCUT2D eigenvalue weighted by Gasteiger charge is -2.10. The lowest BCUT2D eigenvalue weighted by molar-refractivity contribution is -0.115. The fraction of sp³-hybridized carbons (Fsp3) is 0.130. The van der Waals surface area contributed by atoms with Gasteiger partial charge in [0.25, 0.3) is 15.9 Å². The molecule has 0 unspecified atom stereocenters. The Balaban J connectivity index is 1.56. The molecule has 0 heterocycles. The largest absolute Gasteiger partial charge is 0.343 e. The minimum atomic E-state index is -3.74. The molecule has 3 N–H and O–H groups in total. The Morgan fingerprint density at radius 2 is 1.48 bits per heavy atom. The van der Waals surface area contributed by atoms with Crippen LogP contribution in [0.25, 0.3) is 0 Å². The molecule has 2 amide bonds. The maximum atomic E-state index is 12.4. The summed E-state index contributed by atoms with van der Waals surface area (Å²) in [5.41, 5.74) is 3.44. The second-order valence-corrected chi connectivity index (χ2v) is 8.71. The molecule has 0 saturated heterocycles. The van der Waals surface area contributed by atoms with Gasteiger partial charge in [0.15, 0.2) is 0 Å². The van der Waals surface area contributed by atoms with Gasteiger partial charge >= 0.3 is 0 Å². The molecule has 0 spiro atoms. The Hall–Kier alpha value is -3.65. The average molecular weight is 438 g/mol. The van der Waals surface area contributed by atoms with Gasteiger partial charge in [0.05, 0.1) is 11.4 Å². The second kappa shape index (κ2) is 9.44. The fourth-order valence-corrected chi connectivity index (χ4v) is 3.85. The molecule has 0 radical (unpaired) electrons. The monoisotopic (exact) mass is 437 g/mol. The molecule has 3 aromatic rings. The van der Waals surface area contributed by atoms with E-state index in [1.807, 2.05) is 19.9 Å². The highest BCUT2D eigenvalue weighted by Gasteiger charge is 2.14. The molecule has 0 aliphatic carbocycles. The molecule has 3 aromatic carbocycles. The molecule has 0 fully saturated rings. The molecule has 0 atom stereocenters. The van der Waals surface area contributed by atoms with E-state index < -0.39 is 15.9 Å². The maximum absolute atomic E-state index is 12.4.